The van der Waals surface area contributed by atoms with Crippen molar-refractivity contribution in [3.05, 3.63) is 130 Å². The molecule has 2 saturated heterocycles. The van der Waals surface area contributed by atoms with Gasteiger partial charge >= 0.3 is 0 Å². The van der Waals surface area contributed by atoms with Crippen molar-refractivity contribution in [3.8, 4) is 0 Å². The molecule has 4 aromatic carbocycles. The van der Waals surface area contributed by atoms with Gasteiger partial charge in [-0.2, -0.15) is 0 Å². The number of halogens is 1. The van der Waals surface area contributed by atoms with Gasteiger partial charge in [-0.05, 0) is 65.9 Å². The highest BCUT2D eigenvalue weighted by Crippen LogP contribution is 2.40. The van der Waals surface area contributed by atoms with Crippen molar-refractivity contribution in [3.63, 3.8) is 0 Å². The molecule has 0 bridgehead atoms. The molecule has 0 saturated carbocycles. The van der Waals surface area contributed by atoms with E-state index in [1.807, 2.05) is 54.6 Å². The summed E-state index contributed by atoms with van der Waals surface area (Å²) < 4.78 is 41.7. The first kappa shape index (κ1) is 31.7. The number of likely N-dealkylation sites (tertiary alicyclic amines) is 1. The molecule has 0 radical (unpaired) electrons. The maximum absolute atomic E-state index is 13.0. The molecule has 2 heterocycles. The molecule has 0 aromatic heterocycles. The molecule has 10 heteroatoms. The summed E-state index contributed by atoms with van der Waals surface area (Å²) in [6, 6.07) is 30.4. The maximum Gasteiger partial charge on any atom is 0.261 e. The summed E-state index contributed by atoms with van der Waals surface area (Å²) in [5, 5.41) is 21.5. The topological polar surface area (TPSA) is 108 Å². The smallest absolute Gasteiger partial charge is 0.261 e. The molecule has 6 rings (SSSR count). The third kappa shape index (κ3) is 7.58. The molecular weight excluding hydrogens is 612 g/mol. The quantitative estimate of drug-likeness (QED) is 0.199. The summed E-state index contributed by atoms with van der Waals surface area (Å²) in [7, 11) is -3.77. The summed E-state index contributed by atoms with van der Waals surface area (Å²) in [5.74, 6) is 0. The molecule has 0 aliphatic carbocycles. The third-order valence-corrected chi connectivity index (χ3v) is 10.3. The van der Waals surface area contributed by atoms with Gasteiger partial charge in [0.2, 0.25) is 0 Å². The largest absolute Gasteiger partial charge is 0.392 e. The maximum atomic E-state index is 13.0. The molecule has 3 N–H and O–H groups in total. The molecule has 2 aliphatic rings. The van der Waals surface area contributed by atoms with E-state index in [9.17, 15) is 18.6 Å². The number of sulfonamides is 1. The Labute approximate surface area is 269 Å². The van der Waals surface area contributed by atoms with Crippen LogP contribution in [0.25, 0.3) is 0 Å². The first-order valence-corrected chi connectivity index (χ1v) is 17.0. The zero-order valence-corrected chi connectivity index (χ0v) is 26.3. The highest BCUT2D eigenvalue weighted by atomic mass is 35.5. The Balaban J connectivity index is 1.19. The summed E-state index contributed by atoms with van der Waals surface area (Å²) >= 11 is 6.06. The van der Waals surface area contributed by atoms with Gasteiger partial charge in [-0.15, -0.1) is 0 Å². The van der Waals surface area contributed by atoms with E-state index in [2.05, 4.69) is 9.62 Å². The van der Waals surface area contributed by atoms with Gasteiger partial charge in [-0.3, -0.25) is 4.72 Å². The molecule has 3 atom stereocenters. The Hall–Kier alpha value is -3.28. The fourth-order valence-electron chi connectivity index (χ4n) is 6.04. The van der Waals surface area contributed by atoms with Gasteiger partial charge in [-0.1, -0.05) is 78.3 Å². The fraction of sp³-hybridized carbons (Fsp3) is 0.314. The lowest BCUT2D eigenvalue weighted by molar-refractivity contribution is -0.253. The number of piperidine rings is 1. The second kappa shape index (κ2) is 13.6. The zero-order chi connectivity index (χ0) is 31.4. The van der Waals surface area contributed by atoms with Crippen LogP contribution in [0.4, 0.5) is 5.69 Å². The lowest BCUT2D eigenvalue weighted by atomic mass is 9.84. The number of aliphatic hydroxyl groups excluding tert-OH is 1. The minimum Gasteiger partial charge on any atom is -0.392 e. The average molecular weight is 649 g/mol. The average Bonchev–Trinajstić information content (AvgIpc) is 3.06. The minimum absolute atomic E-state index is 0.0385. The monoisotopic (exact) mass is 648 g/mol. The van der Waals surface area contributed by atoms with E-state index in [1.54, 1.807) is 48.5 Å². The molecule has 0 amide bonds. The summed E-state index contributed by atoms with van der Waals surface area (Å²) in [6.07, 6.45) is 0.615. The van der Waals surface area contributed by atoms with Gasteiger partial charge in [-0.25, -0.2) is 8.42 Å². The number of aliphatic hydroxyl groups is 2. The Kier molecular flexibility index (Phi) is 9.58. The number of rotatable bonds is 9. The van der Waals surface area contributed by atoms with Gasteiger partial charge in [0.15, 0.2) is 6.29 Å². The third-order valence-electron chi connectivity index (χ3n) is 8.61. The first-order chi connectivity index (χ1) is 21.7. The molecular formula is C35H37ClN2O6S. The summed E-state index contributed by atoms with van der Waals surface area (Å²) in [6.45, 7) is 2.03. The van der Waals surface area contributed by atoms with Crippen LogP contribution in [0.5, 0.6) is 0 Å². The van der Waals surface area contributed by atoms with Gasteiger partial charge in [0, 0.05) is 42.3 Å². The highest BCUT2D eigenvalue weighted by Gasteiger charge is 2.37. The van der Waals surface area contributed by atoms with E-state index in [1.165, 1.54) is 0 Å². The van der Waals surface area contributed by atoms with Crippen molar-refractivity contribution >= 4 is 27.3 Å². The lowest BCUT2D eigenvalue weighted by Crippen LogP contribution is -2.46. The van der Waals surface area contributed by atoms with Crippen LogP contribution in [0.2, 0.25) is 5.02 Å². The Morgan fingerprint density at radius 3 is 2.27 bits per heavy atom. The zero-order valence-electron chi connectivity index (χ0n) is 24.8. The van der Waals surface area contributed by atoms with Crippen LogP contribution in [0, 0.1) is 0 Å². The molecule has 236 valence electrons. The number of benzene rings is 4. The van der Waals surface area contributed by atoms with E-state index >= 15 is 0 Å². The van der Waals surface area contributed by atoms with Crippen LogP contribution in [0.3, 0.4) is 0 Å². The molecule has 0 spiro atoms. The standard InChI is InChI=1S/C35H37ClN2O6S/c36-29-15-13-28(14-16-29)35(40)17-19-38(20-18-35)23-31-22-33(26-11-9-25(24-39)10-12-26)44-34(43-31)27-5-4-6-30(21-27)37-45(41,42)32-7-2-1-3-8-32/h1-16,21,31,33-34,37,39-40H,17-20,22-24H2. The molecule has 8 nitrogen and oxygen atoms in total. The van der Waals surface area contributed by atoms with Crippen molar-refractivity contribution in [1.82, 2.24) is 4.90 Å². The predicted octanol–water partition coefficient (Wildman–Crippen LogP) is 6.16. The van der Waals surface area contributed by atoms with Crippen molar-refractivity contribution in [1.29, 1.82) is 0 Å². The second-order valence-corrected chi connectivity index (χ2v) is 13.9. The van der Waals surface area contributed by atoms with Crippen LogP contribution in [-0.4, -0.2) is 49.3 Å². The molecule has 45 heavy (non-hydrogen) atoms. The number of ether oxygens (including phenoxy) is 2. The van der Waals surface area contributed by atoms with Crippen LogP contribution in [0.15, 0.2) is 108 Å². The van der Waals surface area contributed by atoms with E-state index in [-0.39, 0.29) is 23.7 Å². The first-order valence-electron chi connectivity index (χ1n) is 15.1. The van der Waals surface area contributed by atoms with Crippen LogP contribution < -0.4 is 4.72 Å². The normalized spacial score (nSPS) is 22.2. The van der Waals surface area contributed by atoms with Crippen molar-refractivity contribution in [2.75, 3.05) is 24.4 Å². The lowest BCUT2D eigenvalue weighted by Gasteiger charge is -2.42. The SMILES string of the molecule is O=S(=O)(Nc1cccc(C2OC(CN3CCC(O)(c4ccc(Cl)cc4)CC3)CC(c3ccc(CO)cc3)O2)c1)c1ccccc1. The van der Waals surface area contributed by atoms with Gasteiger partial charge < -0.3 is 24.6 Å². The van der Waals surface area contributed by atoms with E-state index in [0.29, 0.717) is 55.2 Å². The van der Waals surface area contributed by atoms with Crippen LogP contribution in [0.1, 0.15) is 53.9 Å². The highest BCUT2D eigenvalue weighted by molar-refractivity contribution is 7.92. The summed E-state index contributed by atoms with van der Waals surface area (Å²) in [5.41, 5.74) is 2.88. The number of hydrogen-bond donors (Lipinski definition) is 3. The number of nitrogens with zero attached hydrogens (tertiary/aromatic N) is 1. The molecule has 3 unspecified atom stereocenters. The Bertz CT molecular complexity index is 1680. The van der Waals surface area contributed by atoms with E-state index in [0.717, 1.165) is 16.7 Å². The van der Waals surface area contributed by atoms with Crippen molar-refractivity contribution in [2.45, 2.75) is 54.9 Å². The fourth-order valence-corrected chi connectivity index (χ4v) is 7.23. The number of nitrogens with one attached hydrogen (secondary N) is 1. The van der Waals surface area contributed by atoms with Gasteiger partial charge in [0.1, 0.15) is 0 Å². The molecule has 4 aromatic rings. The molecule has 2 aliphatic heterocycles. The van der Waals surface area contributed by atoms with Crippen molar-refractivity contribution < 1.29 is 28.1 Å². The number of hydrogen-bond acceptors (Lipinski definition) is 7. The predicted molar refractivity (Wildman–Crippen MR) is 173 cm³/mol. The van der Waals surface area contributed by atoms with Crippen LogP contribution >= 0.6 is 11.6 Å². The van der Waals surface area contributed by atoms with Gasteiger partial charge in [0.05, 0.1) is 29.3 Å². The van der Waals surface area contributed by atoms with Crippen molar-refractivity contribution in [2.24, 2.45) is 0 Å². The molecule has 2 fully saturated rings. The summed E-state index contributed by atoms with van der Waals surface area (Å²) in [4.78, 5) is 2.49. The van der Waals surface area contributed by atoms with E-state index in [4.69, 9.17) is 21.1 Å². The van der Waals surface area contributed by atoms with E-state index < -0.39 is 21.9 Å². The second-order valence-electron chi connectivity index (χ2n) is 11.7. The number of anilines is 1. The Morgan fingerprint density at radius 1 is 0.867 bits per heavy atom. The minimum atomic E-state index is -3.77. The Morgan fingerprint density at radius 2 is 1.58 bits per heavy atom. The van der Waals surface area contributed by atoms with Crippen LogP contribution in [-0.2, 0) is 31.7 Å². The van der Waals surface area contributed by atoms with Gasteiger partial charge in [0.25, 0.3) is 10.0 Å².